The van der Waals surface area contributed by atoms with Crippen LogP contribution in [0.5, 0.6) is 0 Å². The van der Waals surface area contributed by atoms with Crippen molar-refractivity contribution in [3.05, 3.63) is 11.6 Å². The van der Waals surface area contributed by atoms with Crippen molar-refractivity contribution < 1.29 is 4.79 Å². The monoisotopic (exact) mass is 301 g/mol. The molecule has 0 bridgehead atoms. The number of hydrogen-bond donors (Lipinski definition) is 2. The van der Waals surface area contributed by atoms with Gasteiger partial charge in [0.15, 0.2) is 5.82 Å². The molecule has 20 heavy (non-hydrogen) atoms. The molecule has 0 saturated carbocycles. The predicted molar refractivity (Wildman–Crippen MR) is 79.6 cm³/mol. The van der Waals surface area contributed by atoms with Gasteiger partial charge in [-0.1, -0.05) is 13.3 Å². The minimum absolute atomic E-state index is 0. The molecule has 0 aromatic carbocycles. The smallest absolute Gasteiger partial charge is 0.237 e. The first-order valence-corrected chi connectivity index (χ1v) is 7.11. The summed E-state index contributed by atoms with van der Waals surface area (Å²) in [6.07, 6.45) is 4.90. The molecule has 2 heterocycles. The van der Waals surface area contributed by atoms with E-state index in [4.69, 9.17) is 5.73 Å². The molecule has 0 spiro atoms. The van der Waals surface area contributed by atoms with Gasteiger partial charge in [0.2, 0.25) is 5.91 Å². The Labute approximate surface area is 125 Å². The van der Waals surface area contributed by atoms with Crippen LogP contribution in [-0.2, 0) is 17.8 Å². The second-order valence-electron chi connectivity index (χ2n) is 5.21. The summed E-state index contributed by atoms with van der Waals surface area (Å²) >= 11 is 0. The van der Waals surface area contributed by atoms with E-state index in [9.17, 15) is 4.79 Å². The molecule has 2 rings (SSSR count). The van der Waals surface area contributed by atoms with E-state index in [1.165, 1.54) is 6.42 Å². The van der Waals surface area contributed by atoms with Crippen LogP contribution in [0.1, 0.15) is 57.2 Å². The lowest BCUT2D eigenvalue weighted by atomic mass is 10.1. The van der Waals surface area contributed by atoms with Crippen LogP contribution in [0.25, 0.3) is 0 Å². The Morgan fingerprint density at radius 2 is 2.20 bits per heavy atom. The highest BCUT2D eigenvalue weighted by atomic mass is 35.5. The van der Waals surface area contributed by atoms with Crippen LogP contribution in [-0.4, -0.2) is 26.7 Å². The lowest BCUT2D eigenvalue weighted by Crippen LogP contribution is -2.42. The molecule has 6 nitrogen and oxygen atoms in total. The van der Waals surface area contributed by atoms with Crippen LogP contribution in [0, 0.1) is 0 Å². The molecule has 114 valence electrons. The lowest BCUT2D eigenvalue weighted by Gasteiger charge is -2.20. The molecule has 0 radical (unpaired) electrons. The van der Waals surface area contributed by atoms with Crippen molar-refractivity contribution in [3.63, 3.8) is 0 Å². The van der Waals surface area contributed by atoms with Gasteiger partial charge >= 0.3 is 0 Å². The summed E-state index contributed by atoms with van der Waals surface area (Å²) in [5.41, 5.74) is 5.81. The Morgan fingerprint density at radius 3 is 2.90 bits per heavy atom. The zero-order valence-electron chi connectivity index (χ0n) is 12.1. The average molecular weight is 302 g/mol. The number of halogens is 1. The first-order chi connectivity index (χ1) is 9.13. The molecular weight excluding hydrogens is 278 g/mol. The molecule has 3 N–H and O–H groups in total. The second kappa shape index (κ2) is 7.59. The summed E-state index contributed by atoms with van der Waals surface area (Å²) in [5.74, 6) is 1.76. The molecule has 0 fully saturated rings. The molecule has 1 aromatic heterocycles. The maximum atomic E-state index is 11.9. The molecule has 1 amide bonds. The molecule has 1 aromatic rings. The van der Waals surface area contributed by atoms with E-state index in [2.05, 4.69) is 20.1 Å². The number of amides is 1. The highest BCUT2D eigenvalue weighted by Gasteiger charge is 2.22. The number of fused-ring (bicyclic) bond motifs is 1. The standard InChI is InChI=1S/C13H23N5O.ClH/c1-3-6-10(14)13(19)15-9(2)12-17-16-11-7-4-5-8-18(11)12;/h9-10H,3-8,14H2,1-2H3,(H,15,19);1H. The Balaban J connectivity index is 0.00000200. The van der Waals surface area contributed by atoms with E-state index in [0.717, 1.165) is 37.5 Å². The third-order valence-corrected chi connectivity index (χ3v) is 3.57. The molecular formula is C13H24ClN5O. The van der Waals surface area contributed by atoms with Crippen LogP contribution in [0.15, 0.2) is 0 Å². The number of aromatic nitrogens is 3. The molecule has 0 saturated heterocycles. The highest BCUT2D eigenvalue weighted by Crippen LogP contribution is 2.18. The fourth-order valence-electron chi connectivity index (χ4n) is 2.48. The van der Waals surface area contributed by atoms with Gasteiger partial charge in [0.25, 0.3) is 0 Å². The van der Waals surface area contributed by atoms with E-state index >= 15 is 0 Å². The van der Waals surface area contributed by atoms with Crippen molar-refractivity contribution in [2.24, 2.45) is 5.73 Å². The number of nitrogens with zero attached hydrogens (tertiary/aromatic N) is 3. The summed E-state index contributed by atoms with van der Waals surface area (Å²) in [6.45, 7) is 4.90. The van der Waals surface area contributed by atoms with Gasteiger partial charge in [-0.25, -0.2) is 0 Å². The van der Waals surface area contributed by atoms with Gasteiger partial charge < -0.3 is 15.6 Å². The third kappa shape index (κ3) is 3.70. The average Bonchev–Trinajstić information content (AvgIpc) is 2.82. The Morgan fingerprint density at radius 1 is 1.45 bits per heavy atom. The Hall–Kier alpha value is -1.14. The fraction of sp³-hybridized carbons (Fsp3) is 0.769. The normalized spacial score (nSPS) is 16.8. The van der Waals surface area contributed by atoms with Crippen molar-refractivity contribution in [2.75, 3.05) is 0 Å². The van der Waals surface area contributed by atoms with Gasteiger partial charge in [-0.15, -0.1) is 22.6 Å². The maximum Gasteiger partial charge on any atom is 0.237 e. The second-order valence-corrected chi connectivity index (χ2v) is 5.21. The Bertz CT molecular complexity index is 448. The first-order valence-electron chi connectivity index (χ1n) is 7.11. The quantitative estimate of drug-likeness (QED) is 0.859. The number of aryl methyl sites for hydroxylation is 1. The summed E-state index contributed by atoms with van der Waals surface area (Å²) < 4.78 is 2.12. The van der Waals surface area contributed by atoms with Crippen molar-refractivity contribution in [2.45, 2.75) is 64.6 Å². The summed E-state index contributed by atoms with van der Waals surface area (Å²) in [7, 11) is 0. The van der Waals surface area contributed by atoms with Gasteiger partial charge in [0.05, 0.1) is 12.1 Å². The van der Waals surface area contributed by atoms with Crippen molar-refractivity contribution in [3.8, 4) is 0 Å². The molecule has 2 unspecified atom stereocenters. The fourth-order valence-corrected chi connectivity index (χ4v) is 2.48. The molecule has 1 aliphatic heterocycles. The molecule has 2 atom stereocenters. The summed E-state index contributed by atoms with van der Waals surface area (Å²) in [6, 6.07) is -0.578. The highest BCUT2D eigenvalue weighted by molar-refractivity contribution is 5.85. The van der Waals surface area contributed by atoms with E-state index in [1.807, 2.05) is 13.8 Å². The number of nitrogens with two attached hydrogens (primary N) is 1. The van der Waals surface area contributed by atoms with Gasteiger partial charge in [0, 0.05) is 13.0 Å². The Kier molecular flexibility index (Phi) is 6.42. The van der Waals surface area contributed by atoms with Gasteiger partial charge in [-0.05, 0) is 26.2 Å². The number of hydrogen-bond acceptors (Lipinski definition) is 4. The van der Waals surface area contributed by atoms with Crippen molar-refractivity contribution in [1.29, 1.82) is 0 Å². The molecule has 7 heteroatoms. The number of nitrogens with one attached hydrogen (secondary N) is 1. The zero-order chi connectivity index (χ0) is 13.8. The number of rotatable bonds is 5. The van der Waals surface area contributed by atoms with Crippen LogP contribution in [0.2, 0.25) is 0 Å². The van der Waals surface area contributed by atoms with E-state index in [-0.39, 0.29) is 24.4 Å². The van der Waals surface area contributed by atoms with E-state index in [0.29, 0.717) is 6.42 Å². The van der Waals surface area contributed by atoms with Crippen molar-refractivity contribution >= 4 is 18.3 Å². The predicted octanol–water partition coefficient (Wildman–Crippen LogP) is 1.34. The van der Waals surface area contributed by atoms with E-state index < -0.39 is 6.04 Å². The maximum absolute atomic E-state index is 11.9. The van der Waals surface area contributed by atoms with Gasteiger partial charge in [-0.2, -0.15) is 0 Å². The van der Waals surface area contributed by atoms with Crippen LogP contribution < -0.4 is 11.1 Å². The largest absolute Gasteiger partial charge is 0.345 e. The van der Waals surface area contributed by atoms with Crippen LogP contribution in [0.3, 0.4) is 0 Å². The van der Waals surface area contributed by atoms with Crippen LogP contribution >= 0.6 is 12.4 Å². The van der Waals surface area contributed by atoms with Gasteiger partial charge in [0.1, 0.15) is 5.82 Å². The number of carbonyl (C=O) groups excluding carboxylic acids is 1. The van der Waals surface area contributed by atoms with E-state index in [1.54, 1.807) is 0 Å². The SMILES string of the molecule is CCCC(N)C(=O)NC(C)c1nnc2n1CCCC2.Cl. The lowest BCUT2D eigenvalue weighted by molar-refractivity contribution is -0.123. The summed E-state index contributed by atoms with van der Waals surface area (Å²) in [4.78, 5) is 11.9. The minimum atomic E-state index is -0.434. The minimum Gasteiger partial charge on any atom is -0.345 e. The van der Waals surface area contributed by atoms with Crippen molar-refractivity contribution in [1.82, 2.24) is 20.1 Å². The third-order valence-electron chi connectivity index (χ3n) is 3.57. The topological polar surface area (TPSA) is 85.8 Å². The molecule has 0 aliphatic carbocycles. The first kappa shape index (κ1) is 16.9. The zero-order valence-corrected chi connectivity index (χ0v) is 12.9. The summed E-state index contributed by atoms with van der Waals surface area (Å²) in [5, 5.41) is 11.3. The van der Waals surface area contributed by atoms with Gasteiger partial charge in [-0.3, -0.25) is 4.79 Å². The molecule has 1 aliphatic rings. The van der Waals surface area contributed by atoms with Crippen LogP contribution in [0.4, 0.5) is 0 Å². The number of carbonyl (C=O) groups is 1.